The number of rotatable bonds is 5. The number of carbonyl (C=O) groups excluding carboxylic acids is 1. The molecule has 1 aromatic heterocycles. The van der Waals surface area contributed by atoms with Gasteiger partial charge in [0.1, 0.15) is 24.5 Å². The van der Waals surface area contributed by atoms with Gasteiger partial charge < -0.3 is 14.3 Å². The first-order valence-corrected chi connectivity index (χ1v) is 5.28. The van der Waals surface area contributed by atoms with E-state index >= 15 is 0 Å². The van der Waals surface area contributed by atoms with Crippen LogP contribution in [0.25, 0.3) is 0 Å². The van der Waals surface area contributed by atoms with Gasteiger partial charge in [-0.25, -0.2) is 9.18 Å². The number of hydrogen-bond acceptors (Lipinski definition) is 4. The van der Waals surface area contributed by atoms with Gasteiger partial charge in [0, 0.05) is 17.2 Å². The molecule has 2 aromatic rings. The van der Waals surface area contributed by atoms with Gasteiger partial charge in [-0.3, -0.25) is 4.79 Å². The van der Waals surface area contributed by atoms with Gasteiger partial charge in [0.15, 0.2) is 0 Å². The Kier molecular flexibility index (Phi) is 3.61. The Hall–Kier alpha value is -2.63. The van der Waals surface area contributed by atoms with E-state index in [4.69, 9.17) is 14.3 Å². The fraction of sp³-hybridized carbons (Fsp3) is 0.0769. The van der Waals surface area contributed by atoms with E-state index in [2.05, 4.69) is 0 Å². The maximum atomic E-state index is 13.1. The number of carboxylic acid groups (broad SMARTS) is 1. The molecule has 0 aliphatic carbocycles. The molecule has 19 heavy (non-hydrogen) atoms. The van der Waals surface area contributed by atoms with Crippen molar-refractivity contribution in [3.8, 4) is 5.75 Å². The first kappa shape index (κ1) is 12.8. The minimum absolute atomic E-state index is 0.0973. The summed E-state index contributed by atoms with van der Waals surface area (Å²) in [6.07, 6.45) is 1.72. The number of benzene rings is 1. The van der Waals surface area contributed by atoms with Crippen LogP contribution in [0.5, 0.6) is 5.75 Å². The quantitative estimate of drug-likeness (QED) is 0.839. The van der Waals surface area contributed by atoms with E-state index in [1.165, 1.54) is 18.4 Å². The van der Waals surface area contributed by atoms with Crippen LogP contribution in [0.3, 0.4) is 0 Å². The van der Waals surface area contributed by atoms with E-state index in [1.54, 1.807) is 0 Å². The zero-order valence-corrected chi connectivity index (χ0v) is 9.63. The summed E-state index contributed by atoms with van der Waals surface area (Å²) in [4.78, 5) is 21.4. The lowest BCUT2D eigenvalue weighted by Gasteiger charge is -2.06. The number of hydrogen-bond donors (Lipinski definition) is 1. The SMILES string of the molecule is O=Cc1cc(F)cc(OCc2ccoc2C(=O)O)c1. The van der Waals surface area contributed by atoms with Gasteiger partial charge in [-0.05, 0) is 18.2 Å². The number of carboxylic acids is 1. The van der Waals surface area contributed by atoms with Crippen molar-refractivity contribution in [2.45, 2.75) is 6.61 Å². The molecule has 98 valence electrons. The molecule has 0 aliphatic heterocycles. The highest BCUT2D eigenvalue weighted by molar-refractivity contribution is 5.86. The number of carbonyl (C=O) groups is 2. The maximum absolute atomic E-state index is 13.1. The first-order chi connectivity index (χ1) is 9.10. The molecule has 0 aliphatic rings. The van der Waals surface area contributed by atoms with Crippen LogP contribution in [-0.2, 0) is 6.61 Å². The molecule has 1 heterocycles. The Bertz CT molecular complexity index is 617. The van der Waals surface area contributed by atoms with Crippen LogP contribution >= 0.6 is 0 Å². The van der Waals surface area contributed by atoms with Gasteiger partial charge in [-0.2, -0.15) is 0 Å². The van der Waals surface area contributed by atoms with Crippen molar-refractivity contribution in [1.82, 2.24) is 0 Å². The minimum atomic E-state index is -1.21. The van der Waals surface area contributed by atoms with Crippen molar-refractivity contribution in [3.05, 3.63) is 53.2 Å². The second kappa shape index (κ2) is 5.34. The summed E-state index contributed by atoms with van der Waals surface area (Å²) < 4.78 is 23.2. The van der Waals surface area contributed by atoms with Crippen molar-refractivity contribution in [2.75, 3.05) is 0 Å². The predicted molar refractivity (Wildman–Crippen MR) is 61.8 cm³/mol. The van der Waals surface area contributed by atoms with Crippen LogP contribution in [0, 0.1) is 5.82 Å². The number of halogens is 1. The van der Waals surface area contributed by atoms with E-state index in [0.29, 0.717) is 11.8 Å². The molecule has 0 unspecified atom stereocenters. The van der Waals surface area contributed by atoms with Crippen LogP contribution in [0.15, 0.2) is 34.9 Å². The van der Waals surface area contributed by atoms with Crippen LogP contribution < -0.4 is 4.74 Å². The molecule has 0 fully saturated rings. The van der Waals surface area contributed by atoms with Crippen molar-refractivity contribution >= 4 is 12.3 Å². The Morgan fingerprint density at radius 2 is 2.21 bits per heavy atom. The molecule has 0 saturated carbocycles. The lowest BCUT2D eigenvalue weighted by molar-refractivity contribution is 0.0658. The molecule has 6 heteroatoms. The molecule has 0 saturated heterocycles. The lowest BCUT2D eigenvalue weighted by Crippen LogP contribution is -2.03. The number of aldehydes is 1. The van der Waals surface area contributed by atoms with Crippen molar-refractivity contribution in [1.29, 1.82) is 0 Å². The zero-order valence-electron chi connectivity index (χ0n) is 9.63. The summed E-state index contributed by atoms with van der Waals surface area (Å²) in [6.45, 7) is -0.0973. The van der Waals surface area contributed by atoms with Crippen molar-refractivity contribution in [3.63, 3.8) is 0 Å². The van der Waals surface area contributed by atoms with Crippen LogP contribution in [0.4, 0.5) is 4.39 Å². The van der Waals surface area contributed by atoms with Gasteiger partial charge in [0.25, 0.3) is 0 Å². The van der Waals surface area contributed by atoms with E-state index in [0.717, 1.165) is 12.1 Å². The first-order valence-electron chi connectivity index (χ1n) is 5.28. The largest absolute Gasteiger partial charge is 0.489 e. The average Bonchev–Trinajstić information content (AvgIpc) is 2.84. The summed E-state index contributed by atoms with van der Waals surface area (Å²) in [7, 11) is 0. The molecule has 5 nitrogen and oxygen atoms in total. The highest BCUT2D eigenvalue weighted by atomic mass is 19.1. The van der Waals surface area contributed by atoms with Gasteiger partial charge in [0.05, 0.1) is 6.26 Å². The predicted octanol–water partition coefficient (Wildman–Crippen LogP) is 2.51. The Morgan fingerprint density at radius 3 is 2.89 bits per heavy atom. The Morgan fingerprint density at radius 1 is 1.42 bits per heavy atom. The monoisotopic (exact) mass is 264 g/mol. The molecule has 0 spiro atoms. The van der Waals surface area contributed by atoms with Crippen molar-refractivity contribution < 1.29 is 28.2 Å². The van der Waals surface area contributed by atoms with Gasteiger partial charge >= 0.3 is 5.97 Å². The third-order valence-corrected chi connectivity index (χ3v) is 2.37. The Balaban J connectivity index is 2.14. The zero-order chi connectivity index (χ0) is 13.8. The molecule has 1 N–H and O–H groups in total. The minimum Gasteiger partial charge on any atom is -0.489 e. The van der Waals surface area contributed by atoms with E-state index in [-0.39, 0.29) is 23.7 Å². The summed E-state index contributed by atoms with van der Waals surface area (Å²) in [5.74, 6) is -1.91. The van der Waals surface area contributed by atoms with Crippen LogP contribution in [0.2, 0.25) is 0 Å². The summed E-state index contributed by atoms with van der Waals surface area (Å²) in [5, 5.41) is 8.82. The van der Waals surface area contributed by atoms with Gasteiger partial charge in [-0.1, -0.05) is 0 Å². The third-order valence-electron chi connectivity index (χ3n) is 2.37. The van der Waals surface area contributed by atoms with Crippen molar-refractivity contribution in [2.24, 2.45) is 0 Å². The molecule has 0 amide bonds. The molecule has 0 radical (unpaired) electrons. The number of ether oxygens (including phenoxy) is 1. The molecule has 0 atom stereocenters. The second-order valence-corrected chi connectivity index (χ2v) is 3.71. The number of aromatic carboxylic acids is 1. The van der Waals surface area contributed by atoms with E-state index in [9.17, 15) is 14.0 Å². The topological polar surface area (TPSA) is 76.7 Å². The summed E-state index contributed by atoms with van der Waals surface area (Å²) in [5.41, 5.74) is 0.463. The lowest BCUT2D eigenvalue weighted by atomic mass is 10.2. The molecule has 1 aromatic carbocycles. The van der Waals surface area contributed by atoms with Gasteiger partial charge in [0.2, 0.25) is 5.76 Å². The fourth-order valence-corrected chi connectivity index (χ4v) is 1.53. The number of furan rings is 1. The van der Waals surface area contributed by atoms with Crippen LogP contribution in [0.1, 0.15) is 26.5 Å². The summed E-state index contributed by atoms with van der Waals surface area (Å²) in [6, 6.07) is 4.98. The molecule has 2 rings (SSSR count). The Labute approximate surface area is 107 Å². The van der Waals surface area contributed by atoms with E-state index < -0.39 is 11.8 Å². The van der Waals surface area contributed by atoms with E-state index in [1.807, 2.05) is 0 Å². The standard InChI is InChI=1S/C13H9FO5/c14-10-3-8(6-15)4-11(5-10)19-7-9-1-2-18-12(9)13(16)17/h1-6H,7H2,(H,16,17). The fourth-order valence-electron chi connectivity index (χ4n) is 1.53. The van der Waals surface area contributed by atoms with Gasteiger partial charge in [-0.15, -0.1) is 0 Å². The average molecular weight is 264 g/mol. The normalized spacial score (nSPS) is 10.2. The highest BCUT2D eigenvalue weighted by Gasteiger charge is 2.14. The highest BCUT2D eigenvalue weighted by Crippen LogP contribution is 2.18. The second-order valence-electron chi connectivity index (χ2n) is 3.71. The third kappa shape index (κ3) is 2.98. The molecular formula is C13H9FO5. The van der Waals surface area contributed by atoms with Crippen LogP contribution in [-0.4, -0.2) is 17.4 Å². The molecule has 0 bridgehead atoms. The smallest absolute Gasteiger partial charge is 0.372 e. The summed E-state index contributed by atoms with van der Waals surface area (Å²) >= 11 is 0. The maximum Gasteiger partial charge on any atom is 0.372 e. The molecular weight excluding hydrogens is 255 g/mol.